The van der Waals surface area contributed by atoms with E-state index in [0.717, 1.165) is 5.56 Å². The lowest BCUT2D eigenvalue weighted by molar-refractivity contribution is -0.143. The van der Waals surface area contributed by atoms with E-state index < -0.39 is 11.6 Å². The summed E-state index contributed by atoms with van der Waals surface area (Å²) < 4.78 is 11.8. The van der Waals surface area contributed by atoms with Crippen molar-refractivity contribution >= 4 is 35.3 Å². The van der Waals surface area contributed by atoms with Gasteiger partial charge in [0.05, 0.1) is 28.7 Å². The smallest absolute Gasteiger partial charge is 0.410 e. The van der Waals surface area contributed by atoms with E-state index in [1.165, 1.54) is 0 Å². The fraction of sp³-hybridized carbons (Fsp3) is 0.652. The quantitative estimate of drug-likeness (QED) is 0.674. The van der Waals surface area contributed by atoms with Gasteiger partial charge in [-0.15, -0.1) is 0 Å². The van der Waals surface area contributed by atoms with Crippen LogP contribution in [0.3, 0.4) is 0 Å². The Bertz CT molecular complexity index is 821. The van der Waals surface area contributed by atoms with Gasteiger partial charge in [-0.1, -0.05) is 29.3 Å². The van der Waals surface area contributed by atoms with Crippen molar-refractivity contribution in [1.29, 1.82) is 0 Å². The Labute approximate surface area is 199 Å². The zero-order valence-corrected chi connectivity index (χ0v) is 20.4. The molecule has 2 aliphatic heterocycles. The fourth-order valence-electron chi connectivity index (χ4n) is 4.23. The molecule has 2 saturated heterocycles. The second-order valence-corrected chi connectivity index (χ2v) is 10.3. The number of ether oxygens (including phenoxy) is 2. The predicted molar refractivity (Wildman–Crippen MR) is 124 cm³/mol. The third kappa shape index (κ3) is 6.73. The Morgan fingerprint density at radius 2 is 1.84 bits per heavy atom. The largest absolute Gasteiger partial charge is 0.481 e. The van der Waals surface area contributed by atoms with E-state index in [2.05, 4.69) is 4.90 Å². The number of piperidine rings is 1. The molecule has 9 heteroatoms. The third-order valence-corrected chi connectivity index (χ3v) is 6.70. The second kappa shape index (κ2) is 10.6. The zero-order chi connectivity index (χ0) is 23.5. The molecule has 1 N–H and O–H groups in total. The molecule has 1 aromatic carbocycles. The molecular weight excluding hydrogens is 455 g/mol. The number of benzene rings is 1. The Morgan fingerprint density at radius 1 is 1.16 bits per heavy atom. The van der Waals surface area contributed by atoms with Crippen molar-refractivity contribution in [2.24, 2.45) is 5.92 Å². The highest BCUT2D eigenvalue weighted by Gasteiger charge is 2.35. The van der Waals surface area contributed by atoms with Crippen molar-refractivity contribution in [2.75, 3.05) is 39.3 Å². The Kier molecular flexibility index (Phi) is 8.31. The highest BCUT2D eigenvalue weighted by Crippen LogP contribution is 2.32. The molecule has 0 aromatic heterocycles. The van der Waals surface area contributed by atoms with Crippen LogP contribution in [0.1, 0.15) is 45.1 Å². The Balaban J connectivity index is 1.79. The van der Waals surface area contributed by atoms with E-state index in [4.69, 9.17) is 32.7 Å². The van der Waals surface area contributed by atoms with E-state index in [-0.39, 0.29) is 24.0 Å². The van der Waals surface area contributed by atoms with Crippen LogP contribution in [0.2, 0.25) is 10.0 Å². The van der Waals surface area contributed by atoms with Crippen molar-refractivity contribution in [2.45, 2.75) is 51.2 Å². The number of halogens is 2. The molecular formula is C23H32Cl2N2O5. The van der Waals surface area contributed by atoms with E-state index >= 15 is 0 Å². The number of hydrogen-bond acceptors (Lipinski definition) is 5. The minimum atomic E-state index is -0.725. The maximum Gasteiger partial charge on any atom is 0.410 e. The minimum absolute atomic E-state index is 0.128. The van der Waals surface area contributed by atoms with Crippen molar-refractivity contribution in [3.8, 4) is 0 Å². The van der Waals surface area contributed by atoms with Gasteiger partial charge in [-0.05, 0) is 64.4 Å². The second-order valence-electron chi connectivity index (χ2n) is 9.53. The molecule has 0 spiro atoms. The summed E-state index contributed by atoms with van der Waals surface area (Å²) in [4.78, 5) is 28.0. The highest BCUT2D eigenvalue weighted by molar-refractivity contribution is 6.42. The van der Waals surface area contributed by atoms with Gasteiger partial charge in [0.1, 0.15) is 5.60 Å². The third-order valence-electron chi connectivity index (χ3n) is 5.96. The van der Waals surface area contributed by atoms with Gasteiger partial charge in [0.15, 0.2) is 0 Å². The molecule has 0 saturated carbocycles. The SMILES string of the molecule is CC(C)(C)OC(=O)N1CCO[C@H](CN2CCC(C(=O)O)CC2)[C@H](c2ccc(Cl)c(Cl)c2)C1. The monoisotopic (exact) mass is 486 g/mol. The number of carboxylic acids is 1. The number of rotatable bonds is 4. The maximum absolute atomic E-state index is 12.8. The van der Waals surface area contributed by atoms with Crippen molar-refractivity contribution < 1.29 is 24.2 Å². The van der Waals surface area contributed by atoms with Crippen LogP contribution < -0.4 is 0 Å². The molecule has 0 unspecified atom stereocenters. The lowest BCUT2D eigenvalue weighted by Gasteiger charge is -2.35. The number of likely N-dealkylation sites (tertiary alicyclic amines) is 1. The first kappa shape index (κ1) is 25.1. The molecule has 0 bridgehead atoms. The van der Waals surface area contributed by atoms with Crippen LogP contribution in [0.5, 0.6) is 0 Å². The summed E-state index contributed by atoms with van der Waals surface area (Å²) in [6.45, 7) is 8.87. The number of carboxylic acid groups (broad SMARTS) is 1. The molecule has 7 nitrogen and oxygen atoms in total. The van der Waals surface area contributed by atoms with Gasteiger partial charge < -0.3 is 24.4 Å². The molecule has 2 atom stereocenters. The fourth-order valence-corrected chi connectivity index (χ4v) is 4.54. The summed E-state index contributed by atoms with van der Waals surface area (Å²) in [5.74, 6) is -1.14. The molecule has 32 heavy (non-hydrogen) atoms. The van der Waals surface area contributed by atoms with Crippen LogP contribution in [-0.4, -0.2) is 78.0 Å². The van der Waals surface area contributed by atoms with Crippen LogP contribution in [0, 0.1) is 5.92 Å². The topological polar surface area (TPSA) is 79.3 Å². The van der Waals surface area contributed by atoms with Crippen LogP contribution in [-0.2, 0) is 14.3 Å². The average Bonchev–Trinajstić information content (AvgIpc) is 2.92. The summed E-state index contributed by atoms with van der Waals surface area (Å²) in [6.07, 6.45) is 0.711. The van der Waals surface area contributed by atoms with Crippen molar-refractivity contribution in [1.82, 2.24) is 9.80 Å². The lowest BCUT2D eigenvalue weighted by Crippen LogP contribution is -2.44. The number of aliphatic carboxylic acids is 1. The standard InChI is InChI=1S/C23H32Cl2N2O5/c1-23(2,3)32-22(30)27-10-11-31-20(14-26-8-6-15(7-9-26)21(28)29)17(13-27)16-4-5-18(24)19(25)12-16/h4-5,12,15,17,20H,6-11,13-14H2,1-3H3,(H,28,29)/t17-,20+/m0/s1. The zero-order valence-electron chi connectivity index (χ0n) is 18.9. The maximum atomic E-state index is 12.8. The first-order chi connectivity index (χ1) is 15.0. The van der Waals surface area contributed by atoms with Gasteiger partial charge in [-0.25, -0.2) is 4.79 Å². The van der Waals surface area contributed by atoms with Gasteiger partial charge >= 0.3 is 12.1 Å². The molecule has 178 valence electrons. The van der Waals surface area contributed by atoms with Gasteiger partial charge in [0.2, 0.25) is 0 Å². The van der Waals surface area contributed by atoms with Crippen molar-refractivity contribution in [3.63, 3.8) is 0 Å². The summed E-state index contributed by atoms with van der Waals surface area (Å²) in [7, 11) is 0. The van der Waals surface area contributed by atoms with E-state index in [1.54, 1.807) is 11.0 Å². The summed E-state index contributed by atoms with van der Waals surface area (Å²) in [5.41, 5.74) is 0.359. The summed E-state index contributed by atoms with van der Waals surface area (Å²) >= 11 is 12.4. The molecule has 1 aromatic rings. The Hall–Kier alpha value is -1.54. The summed E-state index contributed by atoms with van der Waals surface area (Å²) in [6, 6.07) is 5.52. The highest BCUT2D eigenvalue weighted by atomic mass is 35.5. The van der Waals surface area contributed by atoms with Gasteiger partial charge in [-0.3, -0.25) is 4.79 Å². The molecule has 2 aliphatic rings. The first-order valence-electron chi connectivity index (χ1n) is 11.0. The van der Waals surface area contributed by atoms with E-state index in [9.17, 15) is 14.7 Å². The molecule has 0 aliphatic carbocycles. The number of carbonyl (C=O) groups excluding carboxylic acids is 1. The number of amides is 1. The van der Waals surface area contributed by atoms with Crippen molar-refractivity contribution in [3.05, 3.63) is 33.8 Å². The summed E-state index contributed by atoms with van der Waals surface area (Å²) in [5, 5.41) is 10.2. The number of carbonyl (C=O) groups is 2. The van der Waals surface area contributed by atoms with Crippen LogP contribution in [0.15, 0.2) is 18.2 Å². The molecule has 2 fully saturated rings. The Morgan fingerprint density at radius 3 is 2.44 bits per heavy atom. The van der Waals surface area contributed by atoms with E-state index in [0.29, 0.717) is 62.2 Å². The minimum Gasteiger partial charge on any atom is -0.481 e. The molecule has 2 heterocycles. The average molecular weight is 487 g/mol. The molecule has 3 rings (SSSR count). The van der Waals surface area contributed by atoms with Crippen LogP contribution in [0.25, 0.3) is 0 Å². The number of hydrogen-bond donors (Lipinski definition) is 1. The van der Waals surface area contributed by atoms with Gasteiger partial charge in [0.25, 0.3) is 0 Å². The van der Waals surface area contributed by atoms with E-state index in [1.807, 2.05) is 32.9 Å². The molecule has 0 radical (unpaired) electrons. The van der Waals surface area contributed by atoms with Crippen LogP contribution >= 0.6 is 23.2 Å². The first-order valence-corrected chi connectivity index (χ1v) is 11.8. The van der Waals surface area contributed by atoms with Crippen LogP contribution in [0.4, 0.5) is 4.79 Å². The molecule has 1 amide bonds. The lowest BCUT2D eigenvalue weighted by atomic mass is 9.91. The van der Waals surface area contributed by atoms with Gasteiger partial charge in [-0.2, -0.15) is 0 Å². The normalized spacial score (nSPS) is 23.6. The number of nitrogens with zero attached hydrogens (tertiary/aromatic N) is 2. The predicted octanol–water partition coefficient (Wildman–Crippen LogP) is 4.51. The van der Waals surface area contributed by atoms with Gasteiger partial charge in [0, 0.05) is 25.6 Å².